The normalized spacial score (nSPS) is 19.6. The van der Waals surface area contributed by atoms with Crippen LogP contribution in [0.15, 0.2) is 57.9 Å². The van der Waals surface area contributed by atoms with Crippen LogP contribution < -0.4 is 0 Å². The smallest absolute Gasteiger partial charge is 0.253 e. The lowest BCUT2D eigenvalue weighted by atomic mass is 10.00. The SMILES string of the molecule is Cc1ccc(S(=O)(=O)N2CCOC23CCN(C(=O)c2cccc(Br)c2)CC3)cc1. The van der Waals surface area contributed by atoms with Gasteiger partial charge in [0.25, 0.3) is 5.91 Å². The summed E-state index contributed by atoms with van der Waals surface area (Å²) in [5.74, 6) is -0.0490. The predicted molar refractivity (Wildman–Crippen MR) is 113 cm³/mol. The number of carbonyl (C=O) groups excluding carboxylic acids is 1. The second kappa shape index (κ2) is 7.83. The summed E-state index contributed by atoms with van der Waals surface area (Å²) < 4.78 is 34.8. The van der Waals surface area contributed by atoms with E-state index >= 15 is 0 Å². The van der Waals surface area contributed by atoms with E-state index in [1.165, 1.54) is 4.31 Å². The van der Waals surface area contributed by atoms with Gasteiger partial charge >= 0.3 is 0 Å². The van der Waals surface area contributed by atoms with E-state index in [-0.39, 0.29) is 10.8 Å². The Morgan fingerprint density at radius 2 is 1.76 bits per heavy atom. The van der Waals surface area contributed by atoms with E-state index in [0.717, 1.165) is 10.0 Å². The zero-order valence-electron chi connectivity index (χ0n) is 16.2. The van der Waals surface area contributed by atoms with Crippen LogP contribution >= 0.6 is 15.9 Å². The molecule has 6 nitrogen and oxygen atoms in total. The third-order valence-corrected chi connectivity index (χ3v) is 8.09. The molecule has 2 saturated heterocycles. The van der Waals surface area contributed by atoms with Crippen molar-refractivity contribution in [3.05, 3.63) is 64.1 Å². The van der Waals surface area contributed by atoms with Gasteiger partial charge in [0.15, 0.2) is 0 Å². The van der Waals surface area contributed by atoms with Gasteiger partial charge in [0.1, 0.15) is 5.72 Å². The number of ether oxygens (including phenoxy) is 1. The second-order valence-corrected chi connectivity index (χ2v) is 10.3. The van der Waals surface area contributed by atoms with Gasteiger partial charge < -0.3 is 9.64 Å². The molecule has 1 spiro atoms. The highest BCUT2D eigenvalue weighted by atomic mass is 79.9. The number of likely N-dealkylation sites (tertiary alicyclic amines) is 1. The number of hydrogen-bond donors (Lipinski definition) is 0. The lowest BCUT2D eigenvalue weighted by molar-refractivity contribution is -0.0857. The topological polar surface area (TPSA) is 66.9 Å². The van der Waals surface area contributed by atoms with Crippen LogP contribution in [0.2, 0.25) is 0 Å². The quantitative estimate of drug-likeness (QED) is 0.677. The summed E-state index contributed by atoms with van der Waals surface area (Å²) in [6.07, 6.45) is 0.912. The van der Waals surface area contributed by atoms with Crippen LogP contribution in [0.1, 0.15) is 28.8 Å². The number of nitrogens with zero attached hydrogens (tertiary/aromatic N) is 2. The summed E-state index contributed by atoms with van der Waals surface area (Å²) in [4.78, 5) is 14.9. The van der Waals surface area contributed by atoms with Gasteiger partial charge in [-0.05, 0) is 37.3 Å². The number of aryl methyl sites for hydroxylation is 1. The first-order valence-electron chi connectivity index (χ1n) is 9.60. The molecule has 2 fully saturated rings. The predicted octanol–water partition coefficient (Wildman–Crippen LogP) is 3.41. The first-order chi connectivity index (χ1) is 13.8. The van der Waals surface area contributed by atoms with E-state index in [0.29, 0.717) is 44.6 Å². The van der Waals surface area contributed by atoms with E-state index < -0.39 is 15.7 Å². The molecule has 0 atom stereocenters. The van der Waals surface area contributed by atoms with Crippen LogP contribution in [0.3, 0.4) is 0 Å². The van der Waals surface area contributed by atoms with Gasteiger partial charge in [-0.15, -0.1) is 0 Å². The molecular weight excluding hydrogens is 456 g/mol. The van der Waals surface area contributed by atoms with E-state index in [2.05, 4.69) is 15.9 Å². The standard InChI is InChI=1S/C21H23BrN2O4S/c1-16-5-7-19(8-6-16)29(26,27)24-13-14-28-21(24)9-11-23(12-10-21)20(25)17-3-2-4-18(22)15-17/h2-8,15H,9-14H2,1H3. The van der Waals surface area contributed by atoms with Gasteiger partial charge in [-0.3, -0.25) is 4.79 Å². The van der Waals surface area contributed by atoms with Gasteiger partial charge in [-0.25, -0.2) is 8.42 Å². The molecule has 2 aromatic carbocycles. The Kier molecular flexibility index (Phi) is 5.54. The zero-order valence-corrected chi connectivity index (χ0v) is 18.6. The van der Waals surface area contributed by atoms with Crippen LogP contribution in [0.4, 0.5) is 0 Å². The Hall–Kier alpha value is -1.74. The second-order valence-electron chi connectivity index (χ2n) is 7.49. The molecule has 4 rings (SSSR count). The fraction of sp³-hybridized carbons (Fsp3) is 0.381. The van der Waals surface area contributed by atoms with Crippen molar-refractivity contribution in [2.45, 2.75) is 30.4 Å². The molecule has 0 saturated carbocycles. The molecule has 0 aliphatic carbocycles. The molecule has 2 aliphatic heterocycles. The molecule has 29 heavy (non-hydrogen) atoms. The number of rotatable bonds is 3. The van der Waals surface area contributed by atoms with E-state index in [1.54, 1.807) is 41.3 Å². The van der Waals surface area contributed by atoms with Crippen molar-refractivity contribution in [3.8, 4) is 0 Å². The van der Waals surface area contributed by atoms with Gasteiger partial charge in [0.2, 0.25) is 10.0 Å². The summed E-state index contributed by atoms with van der Waals surface area (Å²) in [5, 5.41) is 0. The Labute approximate surface area is 179 Å². The molecule has 0 aromatic heterocycles. The molecule has 8 heteroatoms. The van der Waals surface area contributed by atoms with Crippen LogP contribution in [-0.2, 0) is 14.8 Å². The minimum Gasteiger partial charge on any atom is -0.358 e. The summed E-state index contributed by atoms with van der Waals surface area (Å²) in [6.45, 7) is 3.52. The molecule has 154 valence electrons. The van der Waals surface area contributed by atoms with Crippen molar-refractivity contribution in [1.82, 2.24) is 9.21 Å². The Morgan fingerprint density at radius 3 is 2.41 bits per heavy atom. The summed E-state index contributed by atoms with van der Waals surface area (Å²) in [5.41, 5.74) is 0.750. The van der Waals surface area contributed by atoms with Crippen molar-refractivity contribution >= 4 is 31.9 Å². The van der Waals surface area contributed by atoms with Crippen LogP contribution in [-0.4, -0.2) is 55.5 Å². The Balaban J connectivity index is 1.52. The Morgan fingerprint density at radius 1 is 1.07 bits per heavy atom. The van der Waals surface area contributed by atoms with Gasteiger partial charge in [0.05, 0.1) is 11.5 Å². The number of amides is 1. The summed E-state index contributed by atoms with van der Waals surface area (Å²) in [6, 6.07) is 14.2. The monoisotopic (exact) mass is 478 g/mol. The number of halogens is 1. The molecule has 0 bridgehead atoms. The van der Waals surface area contributed by atoms with Crippen molar-refractivity contribution in [2.24, 2.45) is 0 Å². The number of carbonyl (C=O) groups is 1. The molecule has 2 aromatic rings. The minimum atomic E-state index is -3.66. The van der Waals surface area contributed by atoms with Crippen molar-refractivity contribution in [1.29, 1.82) is 0 Å². The van der Waals surface area contributed by atoms with Gasteiger partial charge in [-0.1, -0.05) is 39.7 Å². The number of hydrogen-bond acceptors (Lipinski definition) is 4. The first kappa shape index (κ1) is 20.5. The maximum Gasteiger partial charge on any atom is 0.253 e. The molecule has 0 N–H and O–H groups in total. The van der Waals surface area contributed by atoms with Crippen LogP contribution in [0.25, 0.3) is 0 Å². The lowest BCUT2D eigenvalue weighted by Gasteiger charge is -2.42. The lowest BCUT2D eigenvalue weighted by Crippen LogP contribution is -2.55. The summed E-state index contributed by atoms with van der Waals surface area (Å²) in [7, 11) is -3.66. The van der Waals surface area contributed by atoms with Crippen LogP contribution in [0, 0.1) is 6.92 Å². The fourth-order valence-electron chi connectivity index (χ4n) is 4.03. The van der Waals surface area contributed by atoms with Crippen molar-refractivity contribution in [2.75, 3.05) is 26.2 Å². The third kappa shape index (κ3) is 3.86. The summed E-state index contributed by atoms with van der Waals surface area (Å²) >= 11 is 3.40. The molecule has 1 amide bonds. The average Bonchev–Trinajstić information content (AvgIpc) is 3.12. The highest BCUT2D eigenvalue weighted by molar-refractivity contribution is 9.10. The van der Waals surface area contributed by atoms with Gasteiger partial charge in [0, 0.05) is 42.5 Å². The molecule has 2 heterocycles. The van der Waals surface area contributed by atoms with Crippen molar-refractivity contribution < 1.29 is 17.9 Å². The molecular formula is C21H23BrN2O4S. The van der Waals surface area contributed by atoms with E-state index in [4.69, 9.17) is 4.74 Å². The van der Waals surface area contributed by atoms with Crippen molar-refractivity contribution in [3.63, 3.8) is 0 Å². The average molecular weight is 479 g/mol. The Bertz CT molecular complexity index is 1020. The van der Waals surface area contributed by atoms with Crippen LogP contribution in [0.5, 0.6) is 0 Å². The molecule has 0 unspecified atom stereocenters. The fourth-order valence-corrected chi connectivity index (χ4v) is 6.15. The largest absolute Gasteiger partial charge is 0.358 e. The molecule has 2 aliphatic rings. The number of benzene rings is 2. The highest BCUT2D eigenvalue weighted by Crippen LogP contribution is 2.38. The number of piperidine rings is 1. The zero-order chi connectivity index (χ0) is 20.6. The number of sulfonamides is 1. The maximum atomic E-state index is 13.3. The third-order valence-electron chi connectivity index (χ3n) is 5.63. The van der Waals surface area contributed by atoms with E-state index in [9.17, 15) is 13.2 Å². The maximum absolute atomic E-state index is 13.3. The van der Waals surface area contributed by atoms with Gasteiger partial charge in [-0.2, -0.15) is 4.31 Å². The minimum absolute atomic E-state index is 0.0490. The highest BCUT2D eigenvalue weighted by Gasteiger charge is 2.51. The molecule has 0 radical (unpaired) electrons. The first-order valence-corrected chi connectivity index (χ1v) is 11.8. The van der Waals surface area contributed by atoms with E-state index in [1.807, 2.05) is 19.1 Å².